The average Bonchev–Trinajstić information content (AvgIpc) is 3.37. The number of amides is 2. The summed E-state index contributed by atoms with van der Waals surface area (Å²) in [7, 11) is 1.62. The minimum atomic E-state index is -0.0912. The molecular formula is C22H21NO4. The summed E-state index contributed by atoms with van der Waals surface area (Å²) in [4.78, 5) is 27.2. The third-order valence-electron chi connectivity index (χ3n) is 6.32. The lowest BCUT2D eigenvalue weighted by atomic mass is 9.81. The number of methoxy groups -OCH3 is 1. The van der Waals surface area contributed by atoms with Crippen LogP contribution in [0.3, 0.4) is 0 Å². The van der Waals surface area contributed by atoms with Crippen molar-refractivity contribution < 1.29 is 19.1 Å². The van der Waals surface area contributed by atoms with Crippen LogP contribution in [-0.2, 0) is 9.59 Å². The topological polar surface area (TPSA) is 55.8 Å². The quantitative estimate of drug-likeness (QED) is 0.770. The third kappa shape index (κ3) is 2.52. The summed E-state index contributed by atoms with van der Waals surface area (Å²) in [6, 6.07) is 14.5. The molecule has 2 saturated carbocycles. The Bertz CT molecular complexity index is 862. The molecule has 3 aliphatic rings. The minimum Gasteiger partial charge on any atom is -0.497 e. The number of fused-ring (bicyclic) bond motifs is 5. The Morgan fingerprint density at radius 1 is 0.778 bits per heavy atom. The van der Waals surface area contributed by atoms with Crippen LogP contribution >= 0.6 is 0 Å². The van der Waals surface area contributed by atoms with E-state index in [9.17, 15) is 9.59 Å². The molecule has 2 aromatic rings. The van der Waals surface area contributed by atoms with Gasteiger partial charge < -0.3 is 9.47 Å². The van der Waals surface area contributed by atoms with Gasteiger partial charge >= 0.3 is 0 Å². The Labute approximate surface area is 157 Å². The fraction of sp³-hybridized carbons (Fsp3) is 0.364. The van der Waals surface area contributed by atoms with Crippen molar-refractivity contribution in [2.45, 2.75) is 19.3 Å². The SMILES string of the molecule is COc1ccc(Oc2ccc(N3C(=O)[C@@H]4[C@H]5CC[C@@H](C5)[C@@H]4C3=O)cc2)cc1. The normalized spacial score (nSPS) is 28.6. The van der Waals surface area contributed by atoms with Crippen molar-refractivity contribution in [2.24, 2.45) is 23.7 Å². The molecule has 1 heterocycles. The summed E-state index contributed by atoms with van der Waals surface area (Å²) >= 11 is 0. The number of carbonyl (C=O) groups is 2. The molecule has 0 spiro atoms. The van der Waals surface area contributed by atoms with Gasteiger partial charge in [0.25, 0.3) is 0 Å². The molecule has 4 atom stereocenters. The van der Waals surface area contributed by atoms with E-state index in [2.05, 4.69) is 0 Å². The lowest BCUT2D eigenvalue weighted by molar-refractivity contribution is -0.123. The largest absolute Gasteiger partial charge is 0.497 e. The minimum absolute atomic E-state index is 0.0129. The summed E-state index contributed by atoms with van der Waals surface area (Å²) in [5, 5.41) is 0. The van der Waals surface area contributed by atoms with E-state index in [1.165, 1.54) is 4.90 Å². The van der Waals surface area contributed by atoms with E-state index in [4.69, 9.17) is 9.47 Å². The van der Waals surface area contributed by atoms with Crippen LogP contribution in [0.15, 0.2) is 48.5 Å². The Kier molecular flexibility index (Phi) is 3.71. The molecule has 0 aromatic heterocycles. The number of hydrogen-bond acceptors (Lipinski definition) is 4. The number of imide groups is 1. The fourth-order valence-electron chi connectivity index (χ4n) is 5.11. The second kappa shape index (κ2) is 6.12. The zero-order chi connectivity index (χ0) is 18.5. The number of carbonyl (C=O) groups excluding carboxylic acids is 2. The molecule has 0 unspecified atom stereocenters. The molecule has 2 aromatic carbocycles. The number of hydrogen-bond donors (Lipinski definition) is 0. The maximum absolute atomic E-state index is 12.9. The highest BCUT2D eigenvalue weighted by Crippen LogP contribution is 2.56. The average molecular weight is 363 g/mol. The predicted octanol–water partition coefficient (Wildman–Crippen LogP) is 4.02. The third-order valence-corrected chi connectivity index (χ3v) is 6.32. The molecule has 5 rings (SSSR count). The molecule has 2 amide bonds. The van der Waals surface area contributed by atoms with Crippen LogP contribution in [0.5, 0.6) is 17.2 Å². The summed E-state index contributed by atoms with van der Waals surface area (Å²) in [5.41, 5.74) is 0.640. The van der Waals surface area contributed by atoms with Crippen LogP contribution in [0.25, 0.3) is 0 Å². The molecule has 27 heavy (non-hydrogen) atoms. The van der Waals surface area contributed by atoms with Crippen LogP contribution in [0, 0.1) is 23.7 Å². The fourth-order valence-corrected chi connectivity index (χ4v) is 5.11. The number of nitrogens with zero attached hydrogens (tertiary/aromatic N) is 1. The molecule has 0 N–H and O–H groups in total. The van der Waals surface area contributed by atoms with Crippen LogP contribution in [0.2, 0.25) is 0 Å². The summed E-state index contributed by atoms with van der Waals surface area (Å²) in [5.74, 6) is 2.72. The highest BCUT2D eigenvalue weighted by Gasteiger charge is 2.61. The van der Waals surface area contributed by atoms with E-state index in [1.807, 2.05) is 24.3 Å². The van der Waals surface area contributed by atoms with Gasteiger partial charge in [-0.05, 0) is 79.6 Å². The van der Waals surface area contributed by atoms with Crippen molar-refractivity contribution in [3.63, 3.8) is 0 Å². The molecule has 3 fully saturated rings. The first kappa shape index (κ1) is 16.4. The number of anilines is 1. The van der Waals surface area contributed by atoms with E-state index in [1.54, 1.807) is 31.4 Å². The zero-order valence-corrected chi connectivity index (χ0v) is 15.1. The van der Waals surface area contributed by atoms with Gasteiger partial charge in [0.1, 0.15) is 17.2 Å². The first-order valence-corrected chi connectivity index (χ1v) is 9.45. The molecule has 5 nitrogen and oxygen atoms in total. The van der Waals surface area contributed by atoms with Gasteiger partial charge in [0.15, 0.2) is 0 Å². The summed E-state index contributed by atoms with van der Waals surface area (Å²) in [6.07, 6.45) is 3.23. The maximum atomic E-state index is 12.9. The Morgan fingerprint density at radius 3 is 1.78 bits per heavy atom. The molecule has 2 aliphatic carbocycles. The molecular weight excluding hydrogens is 342 g/mol. The highest BCUT2D eigenvalue weighted by atomic mass is 16.5. The number of benzene rings is 2. The molecule has 1 aliphatic heterocycles. The number of ether oxygens (including phenoxy) is 2. The maximum Gasteiger partial charge on any atom is 0.237 e. The van der Waals surface area contributed by atoms with Crippen LogP contribution in [0.1, 0.15) is 19.3 Å². The van der Waals surface area contributed by atoms with Gasteiger partial charge in [0.2, 0.25) is 11.8 Å². The van der Waals surface area contributed by atoms with Gasteiger partial charge in [0.05, 0.1) is 24.6 Å². The van der Waals surface area contributed by atoms with Crippen molar-refractivity contribution in [3.8, 4) is 17.2 Å². The molecule has 0 radical (unpaired) electrons. The summed E-state index contributed by atoms with van der Waals surface area (Å²) < 4.78 is 11.0. The monoisotopic (exact) mass is 363 g/mol. The number of rotatable bonds is 4. The van der Waals surface area contributed by atoms with Crippen molar-refractivity contribution in [1.29, 1.82) is 0 Å². The van der Waals surface area contributed by atoms with Gasteiger partial charge in [-0.15, -0.1) is 0 Å². The molecule has 5 heteroatoms. The van der Waals surface area contributed by atoms with Crippen molar-refractivity contribution in [3.05, 3.63) is 48.5 Å². The smallest absolute Gasteiger partial charge is 0.237 e. The Morgan fingerprint density at radius 2 is 1.26 bits per heavy atom. The van der Waals surface area contributed by atoms with E-state index in [-0.39, 0.29) is 23.7 Å². The van der Waals surface area contributed by atoms with E-state index < -0.39 is 0 Å². The van der Waals surface area contributed by atoms with Crippen molar-refractivity contribution >= 4 is 17.5 Å². The van der Waals surface area contributed by atoms with Crippen LogP contribution in [0.4, 0.5) is 5.69 Å². The zero-order valence-electron chi connectivity index (χ0n) is 15.1. The van der Waals surface area contributed by atoms with E-state index in [0.717, 1.165) is 25.0 Å². The van der Waals surface area contributed by atoms with Crippen LogP contribution < -0.4 is 14.4 Å². The Hall–Kier alpha value is -2.82. The standard InChI is InChI=1S/C22H21NO4/c1-26-16-8-10-18(11-9-16)27-17-6-4-15(5-7-17)23-21(24)19-13-2-3-14(12-13)20(19)22(23)25/h4-11,13-14,19-20H,2-3,12H2,1H3/t13-,14-,19-,20+/m0/s1. The second-order valence-corrected chi connectivity index (χ2v) is 7.67. The van der Waals surface area contributed by atoms with Gasteiger partial charge in [0, 0.05) is 0 Å². The molecule has 138 valence electrons. The molecule has 1 saturated heterocycles. The Balaban J connectivity index is 1.34. The van der Waals surface area contributed by atoms with E-state index in [0.29, 0.717) is 29.0 Å². The molecule has 2 bridgehead atoms. The highest BCUT2D eigenvalue weighted by molar-refractivity contribution is 6.22. The van der Waals surface area contributed by atoms with Gasteiger partial charge in [-0.25, -0.2) is 0 Å². The van der Waals surface area contributed by atoms with Gasteiger partial charge in [-0.2, -0.15) is 0 Å². The van der Waals surface area contributed by atoms with Crippen LogP contribution in [-0.4, -0.2) is 18.9 Å². The van der Waals surface area contributed by atoms with Crippen molar-refractivity contribution in [1.82, 2.24) is 0 Å². The lowest BCUT2D eigenvalue weighted by Gasteiger charge is -2.19. The van der Waals surface area contributed by atoms with Gasteiger partial charge in [-0.3, -0.25) is 14.5 Å². The second-order valence-electron chi connectivity index (χ2n) is 7.67. The summed E-state index contributed by atoms with van der Waals surface area (Å²) in [6.45, 7) is 0. The van der Waals surface area contributed by atoms with Crippen molar-refractivity contribution in [2.75, 3.05) is 12.0 Å². The predicted molar refractivity (Wildman–Crippen MR) is 99.8 cm³/mol. The first-order valence-electron chi connectivity index (χ1n) is 9.45. The first-order chi connectivity index (χ1) is 13.2. The van der Waals surface area contributed by atoms with E-state index >= 15 is 0 Å². The lowest BCUT2D eigenvalue weighted by Crippen LogP contribution is -2.32. The van der Waals surface area contributed by atoms with Gasteiger partial charge in [-0.1, -0.05) is 0 Å².